The van der Waals surface area contributed by atoms with Gasteiger partial charge in [-0.15, -0.1) is 0 Å². The van der Waals surface area contributed by atoms with Gasteiger partial charge in [0.15, 0.2) is 0 Å². The summed E-state index contributed by atoms with van der Waals surface area (Å²) in [7, 11) is 0. The Hall–Kier alpha value is -3.87. The molecule has 7 heteroatoms. The van der Waals surface area contributed by atoms with E-state index in [1.165, 1.54) is 0 Å². The first kappa shape index (κ1) is 26.2. The van der Waals surface area contributed by atoms with Crippen LogP contribution in [0.15, 0.2) is 78.9 Å². The highest BCUT2D eigenvalue weighted by Gasteiger charge is 2.38. The van der Waals surface area contributed by atoms with E-state index in [2.05, 4.69) is 5.32 Å². The Kier molecular flexibility index (Phi) is 8.43. The van der Waals surface area contributed by atoms with Gasteiger partial charge >= 0.3 is 12.2 Å². The van der Waals surface area contributed by atoms with E-state index in [-0.39, 0.29) is 24.8 Å². The zero-order chi connectivity index (χ0) is 26.3. The maximum Gasteiger partial charge on any atom is 0.410 e. The average Bonchev–Trinajstić information content (AvgIpc) is 2.89. The molecule has 1 N–H and O–H groups in total. The summed E-state index contributed by atoms with van der Waals surface area (Å²) in [4.78, 5) is 32.5. The van der Waals surface area contributed by atoms with Gasteiger partial charge in [0.05, 0.1) is 17.8 Å². The number of pyridine rings is 1. The molecule has 2 heterocycles. The van der Waals surface area contributed by atoms with Crippen molar-refractivity contribution in [2.75, 3.05) is 6.54 Å². The number of nitrogens with one attached hydrogen (secondary N) is 1. The molecule has 1 fully saturated rings. The Morgan fingerprint density at radius 1 is 0.973 bits per heavy atom. The highest BCUT2D eigenvalue weighted by molar-refractivity contribution is 5.70. The Labute approximate surface area is 218 Å². The van der Waals surface area contributed by atoms with Crippen LogP contribution >= 0.6 is 0 Å². The molecule has 4 rings (SSSR count). The van der Waals surface area contributed by atoms with Gasteiger partial charge in [-0.3, -0.25) is 4.98 Å². The first-order valence-corrected chi connectivity index (χ1v) is 12.8. The van der Waals surface area contributed by atoms with Crippen LogP contribution < -0.4 is 5.32 Å². The molecule has 1 aliphatic rings. The highest BCUT2D eigenvalue weighted by Crippen LogP contribution is 2.25. The van der Waals surface area contributed by atoms with Gasteiger partial charge in [-0.2, -0.15) is 0 Å². The van der Waals surface area contributed by atoms with Crippen molar-refractivity contribution in [2.45, 2.75) is 64.3 Å². The van der Waals surface area contributed by atoms with E-state index in [9.17, 15) is 9.59 Å². The van der Waals surface area contributed by atoms with E-state index in [4.69, 9.17) is 14.5 Å². The van der Waals surface area contributed by atoms with Crippen molar-refractivity contribution in [3.8, 4) is 11.3 Å². The fourth-order valence-electron chi connectivity index (χ4n) is 4.52. The second kappa shape index (κ2) is 11.9. The van der Waals surface area contributed by atoms with E-state index in [0.29, 0.717) is 13.0 Å². The van der Waals surface area contributed by atoms with Crippen LogP contribution in [0, 0.1) is 0 Å². The SMILES string of the molecule is CC(C)(C)OC(=O)N1CCC[C@H](NC(=O)OCc2ccccc2)[C@@H]1Cc1cccc(-c2ccccc2)n1. The number of ether oxygens (including phenoxy) is 2. The molecule has 3 aromatic rings. The van der Waals surface area contributed by atoms with Crippen molar-refractivity contribution in [2.24, 2.45) is 0 Å². The third-order valence-electron chi connectivity index (χ3n) is 6.22. The van der Waals surface area contributed by atoms with Gasteiger partial charge in [0.1, 0.15) is 12.2 Å². The highest BCUT2D eigenvalue weighted by atomic mass is 16.6. The van der Waals surface area contributed by atoms with Gasteiger partial charge in [0.25, 0.3) is 0 Å². The van der Waals surface area contributed by atoms with Crippen molar-refractivity contribution in [1.82, 2.24) is 15.2 Å². The largest absolute Gasteiger partial charge is 0.445 e. The molecule has 2 aromatic carbocycles. The Balaban J connectivity index is 1.53. The Bertz CT molecular complexity index is 1180. The number of piperidine rings is 1. The summed E-state index contributed by atoms with van der Waals surface area (Å²) in [5.41, 5.74) is 3.02. The van der Waals surface area contributed by atoms with Crippen LogP contribution in [0.5, 0.6) is 0 Å². The number of hydrogen-bond acceptors (Lipinski definition) is 5. The quantitative estimate of drug-likeness (QED) is 0.449. The Morgan fingerprint density at radius 2 is 1.68 bits per heavy atom. The lowest BCUT2D eigenvalue weighted by molar-refractivity contribution is 0.00394. The zero-order valence-electron chi connectivity index (χ0n) is 21.7. The Morgan fingerprint density at radius 3 is 2.38 bits per heavy atom. The van der Waals surface area contributed by atoms with Gasteiger partial charge in [-0.05, 0) is 51.3 Å². The lowest BCUT2D eigenvalue weighted by atomic mass is 9.92. The van der Waals surface area contributed by atoms with E-state index in [1.54, 1.807) is 4.90 Å². The molecule has 0 saturated carbocycles. The van der Waals surface area contributed by atoms with Crippen molar-refractivity contribution in [3.63, 3.8) is 0 Å². The minimum atomic E-state index is -0.623. The monoisotopic (exact) mass is 501 g/mol. The fraction of sp³-hybridized carbons (Fsp3) is 0.367. The van der Waals surface area contributed by atoms with Crippen molar-refractivity contribution in [1.29, 1.82) is 0 Å². The number of benzene rings is 2. The molecule has 0 radical (unpaired) electrons. The van der Waals surface area contributed by atoms with Crippen LogP contribution in [0.2, 0.25) is 0 Å². The molecule has 0 aliphatic carbocycles. The molecule has 0 unspecified atom stereocenters. The number of aromatic nitrogens is 1. The molecule has 1 aromatic heterocycles. The van der Waals surface area contributed by atoms with Crippen LogP contribution in [-0.2, 0) is 22.5 Å². The van der Waals surface area contributed by atoms with Crippen LogP contribution in [0.25, 0.3) is 11.3 Å². The summed E-state index contributed by atoms with van der Waals surface area (Å²) in [6.45, 7) is 6.29. The molecule has 0 bridgehead atoms. The van der Waals surface area contributed by atoms with Gasteiger partial charge in [-0.25, -0.2) is 9.59 Å². The molecule has 194 valence electrons. The van der Waals surface area contributed by atoms with Crippen molar-refractivity contribution >= 4 is 12.2 Å². The van der Waals surface area contributed by atoms with Crippen molar-refractivity contribution < 1.29 is 19.1 Å². The number of carbonyl (C=O) groups is 2. The summed E-state index contributed by atoms with van der Waals surface area (Å²) in [5.74, 6) is 0. The predicted molar refractivity (Wildman–Crippen MR) is 143 cm³/mol. The molecule has 0 spiro atoms. The summed E-state index contributed by atoms with van der Waals surface area (Å²) in [6, 6.07) is 24.8. The number of amides is 2. The fourth-order valence-corrected chi connectivity index (χ4v) is 4.52. The summed E-state index contributed by atoms with van der Waals surface area (Å²) in [6.07, 6.45) is 1.06. The normalized spacial score (nSPS) is 17.6. The van der Waals surface area contributed by atoms with Gasteiger partial charge in [0, 0.05) is 24.2 Å². The maximum atomic E-state index is 13.2. The molecule has 37 heavy (non-hydrogen) atoms. The van der Waals surface area contributed by atoms with Crippen molar-refractivity contribution in [3.05, 3.63) is 90.1 Å². The number of alkyl carbamates (subject to hydrolysis) is 1. The standard InChI is InChI=1S/C30H35N3O4/c1-30(2,3)37-29(35)33-19-11-18-26(32-28(34)36-21-22-12-6-4-7-13-22)27(33)20-24-16-10-17-25(31-24)23-14-8-5-9-15-23/h4-10,12-17,26-27H,11,18-21H2,1-3H3,(H,32,34)/t26-,27-/m0/s1. The number of hydrogen-bond donors (Lipinski definition) is 1. The van der Waals surface area contributed by atoms with Crippen LogP contribution in [0.1, 0.15) is 44.9 Å². The summed E-state index contributed by atoms with van der Waals surface area (Å²) in [5, 5.41) is 3.02. The minimum Gasteiger partial charge on any atom is -0.445 e. The molecular weight excluding hydrogens is 466 g/mol. The lowest BCUT2D eigenvalue weighted by Crippen LogP contribution is -2.58. The second-order valence-corrected chi connectivity index (χ2v) is 10.3. The topological polar surface area (TPSA) is 80.8 Å². The van der Waals surface area contributed by atoms with Gasteiger partial charge in [-0.1, -0.05) is 66.7 Å². The molecule has 7 nitrogen and oxygen atoms in total. The van der Waals surface area contributed by atoms with Crippen LogP contribution in [-0.4, -0.2) is 46.3 Å². The smallest absolute Gasteiger partial charge is 0.410 e. The van der Waals surface area contributed by atoms with E-state index in [1.807, 2.05) is 99.6 Å². The third-order valence-corrected chi connectivity index (χ3v) is 6.22. The van der Waals surface area contributed by atoms with E-state index in [0.717, 1.165) is 35.4 Å². The molecular formula is C30H35N3O4. The number of likely N-dealkylation sites (tertiary alicyclic amines) is 1. The van der Waals surface area contributed by atoms with Crippen LogP contribution in [0.4, 0.5) is 9.59 Å². The average molecular weight is 502 g/mol. The molecule has 2 amide bonds. The number of rotatable bonds is 6. The summed E-state index contributed by atoms with van der Waals surface area (Å²) < 4.78 is 11.2. The third kappa shape index (κ3) is 7.56. The lowest BCUT2D eigenvalue weighted by Gasteiger charge is -2.41. The van der Waals surface area contributed by atoms with Crippen LogP contribution in [0.3, 0.4) is 0 Å². The van der Waals surface area contributed by atoms with Gasteiger partial charge in [0.2, 0.25) is 0 Å². The predicted octanol–water partition coefficient (Wildman–Crippen LogP) is 5.99. The summed E-state index contributed by atoms with van der Waals surface area (Å²) >= 11 is 0. The zero-order valence-corrected chi connectivity index (χ0v) is 21.7. The van der Waals surface area contributed by atoms with Gasteiger partial charge < -0.3 is 19.7 Å². The van der Waals surface area contributed by atoms with E-state index >= 15 is 0 Å². The number of nitrogens with zero attached hydrogens (tertiary/aromatic N) is 2. The van der Waals surface area contributed by atoms with E-state index < -0.39 is 11.7 Å². The molecule has 2 atom stereocenters. The molecule has 1 aliphatic heterocycles. The first-order valence-electron chi connectivity index (χ1n) is 12.8. The second-order valence-electron chi connectivity index (χ2n) is 10.3. The molecule has 1 saturated heterocycles. The number of carbonyl (C=O) groups excluding carboxylic acids is 2. The minimum absolute atomic E-state index is 0.181. The maximum absolute atomic E-state index is 13.2. The first-order chi connectivity index (χ1) is 17.8.